The molecule has 0 bridgehead atoms. The fraction of sp³-hybridized carbons (Fsp3) is 0.286. The van der Waals surface area contributed by atoms with Crippen LogP contribution in [-0.4, -0.2) is 22.9 Å². The number of nitrogens with one attached hydrogen (secondary N) is 1. The Hall–Kier alpha value is -2.73. The van der Waals surface area contributed by atoms with Crippen molar-refractivity contribution >= 4 is 33.4 Å². The summed E-state index contributed by atoms with van der Waals surface area (Å²) in [7, 11) is 0. The van der Waals surface area contributed by atoms with E-state index in [0.29, 0.717) is 12.0 Å². The van der Waals surface area contributed by atoms with Gasteiger partial charge in [0, 0.05) is 18.0 Å². The number of thiazole rings is 1. The van der Waals surface area contributed by atoms with E-state index in [4.69, 9.17) is 4.74 Å². The van der Waals surface area contributed by atoms with Crippen LogP contribution in [0.1, 0.15) is 35.9 Å². The first-order chi connectivity index (χ1) is 13.2. The van der Waals surface area contributed by atoms with Crippen molar-refractivity contribution in [1.82, 2.24) is 10.3 Å². The van der Waals surface area contributed by atoms with Crippen LogP contribution in [0.5, 0.6) is 0 Å². The number of esters is 1. The molecule has 1 N–H and O–H groups in total. The first-order valence-electron chi connectivity index (χ1n) is 9.08. The summed E-state index contributed by atoms with van der Waals surface area (Å²) in [5.41, 5.74) is 1.63. The molecule has 1 fully saturated rings. The van der Waals surface area contributed by atoms with Gasteiger partial charge in [0.25, 0.3) is 5.91 Å². The average Bonchev–Trinajstić information content (AvgIpc) is 3.40. The van der Waals surface area contributed by atoms with Crippen molar-refractivity contribution in [3.8, 4) is 0 Å². The number of aryl methyl sites for hydroxylation is 1. The van der Waals surface area contributed by atoms with Gasteiger partial charge in [-0.25, -0.2) is 4.98 Å². The second-order valence-corrected chi connectivity index (χ2v) is 7.75. The van der Waals surface area contributed by atoms with Crippen molar-refractivity contribution in [3.05, 3.63) is 65.2 Å². The van der Waals surface area contributed by atoms with Gasteiger partial charge in [-0.1, -0.05) is 42.5 Å². The third-order valence-electron chi connectivity index (χ3n) is 4.39. The standard InChI is InChI=1S/C21H20N2O3S/c24-19(13-12-18-23-16-8-4-5-9-17(16)27-18)26-20(14-6-2-1-3-7-14)21(25)22-15-10-11-15/h1-9,15,20H,10-13H2,(H,22,25)/t20-/m0/s1. The number of aromatic nitrogens is 1. The molecule has 1 aromatic heterocycles. The zero-order valence-electron chi connectivity index (χ0n) is 14.8. The number of carbonyl (C=O) groups is 2. The molecule has 1 aliphatic rings. The second-order valence-electron chi connectivity index (χ2n) is 6.64. The largest absolute Gasteiger partial charge is 0.447 e. The van der Waals surface area contributed by atoms with E-state index in [1.54, 1.807) is 23.5 Å². The minimum absolute atomic E-state index is 0.194. The molecule has 1 atom stereocenters. The van der Waals surface area contributed by atoms with Crippen LogP contribution in [0.25, 0.3) is 10.2 Å². The molecule has 0 spiro atoms. The topological polar surface area (TPSA) is 68.3 Å². The van der Waals surface area contributed by atoms with E-state index >= 15 is 0 Å². The molecule has 3 aromatic rings. The van der Waals surface area contributed by atoms with E-state index in [1.165, 1.54) is 0 Å². The molecule has 1 aliphatic carbocycles. The van der Waals surface area contributed by atoms with Crippen molar-refractivity contribution < 1.29 is 14.3 Å². The Balaban J connectivity index is 1.40. The Morgan fingerprint density at radius 3 is 2.59 bits per heavy atom. The Kier molecular flexibility index (Phi) is 5.16. The quantitative estimate of drug-likeness (QED) is 0.633. The smallest absolute Gasteiger partial charge is 0.307 e. The Morgan fingerprint density at radius 2 is 1.85 bits per heavy atom. The van der Waals surface area contributed by atoms with Gasteiger partial charge in [-0.3, -0.25) is 9.59 Å². The molecule has 0 aliphatic heterocycles. The van der Waals surface area contributed by atoms with E-state index in [1.807, 2.05) is 42.5 Å². The predicted molar refractivity (Wildman–Crippen MR) is 104 cm³/mol. The molecule has 4 rings (SSSR count). The lowest BCUT2D eigenvalue weighted by Gasteiger charge is -2.18. The van der Waals surface area contributed by atoms with Gasteiger partial charge in [0.1, 0.15) is 0 Å². The predicted octanol–water partition coefficient (Wildman–Crippen LogP) is 3.79. The highest BCUT2D eigenvalue weighted by Gasteiger charge is 2.30. The maximum atomic E-state index is 12.5. The van der Waals surface area contributed by atoms with Gasteiger partial charge in [0.15, 0.2) is 0 Å². The van der Waals surface area contributed by atoms with Crippen LogP contribution in [-0.2, 0) is 20.7 Å². The highest BCUT2D eigenvalue weighted by molar-refractivity contribution is 7.18. The summed E-state index contributed by atoms with van der Waals surface area (Å²) in [5.74, 6) is -0.647. The van der Waals surface area contributed by atoms with Gasteiger partial charge in [0.2, 0.25) is 6.10 Å². The molecule has 6 heteroatoms. The number of ether oxygens (including phenoxy) is 1. The van der Waals surface area contributed by atoms with Crippen LogP contribution in [0.4, 0.5) is 0 Å². The third-order valence-corrected chi connectivity index (χ3v) is 5.49. The monoisotopic (exact) mass is 380 g/mol. The normalized spacial score (nSPS) is 14.7. The number of rotatable bonds is 7. The first-order valence-corrected chi connectivity index (χ1v) is 9.90. The van der Waals surface area contributed by atoms with Crippen molar-refractivity contribution in [3.63, 3.8) is 0 Å². The highest BCUT2D eigenvalue weighted by Crippen LogP contribution is 2.25. The number of hydrogen-bond acceptors (Lipinski definition) is 5. The maximum Gasteiger partial charge on any atom is 0.307 e. The number of nitrogens with zero attached hydrogens (tertiary/aromatic N) is 1. The van der Waals surface area contributed by atoms with Gasteiger partial charge in [-0.15, -0.1) is 11.3 Å². The molecule has 1 heterocycles. The van der Waals surface area contributed by atoms with Crippen LogP contribution < -0.4 is 5.32 Å². The minimum Gasteiger partial charge on any atom is -0.447 e. The fourth-order valence-electron chi connectivity index (χ4n) is 2.83. The Labute approximate surface area is 161 Å². The molecular weight excluding hydrogens is 360 g/mol. The lowest BCUT2D eigenvalue weighted by atomic mass is 10.1. The van der Waals surface area contributed by atoms with Gasteiger partial charge in [-0.05, 0) is 25.0 Å². The number of para-hydroxylation sites is 1. The van der Waals surface area contributed by atoms with Crippen molar-refractivity contribution in [2.45, 2.75) is 37.8 Å². The SMILES string of the molecule is O=C(CCc1nc2ccccc2s1)O[C@H](C(=O)NC1CC1)c1ccccc1. The highest BCUT2D eigenvalue weighted by atomic mass is 32.1. The third kappa shape index (κ3) is 4.52. The van der Waals surface area contributed by atoms with Gasteiger partial charge >= 0.3 is 5.97 Å². The minimum atomic E-state index is -0.908. The van der Waals surface area contributed by atoms with E-state index in [-0.39, 0.29) is 18.4 Å². The first kappa shape index (κ1) is 17.7. The maximum absolute atomic E-state index is 12.5. The summed E-state index contributed by atoms with van der Waals surface area (Å²) in [6, 6.07) is 17.3. The summed E-state index contributed by atoms with van der Waals surface area (Å²) in [5, 5.41) is 3.82. The summed E-state index contributed by atoms with van der Waals surface area (Å²) in [6.45, 7) is 0. The molecule has 27 heavy (non-hydrogen) atoms. The van der Waals surface area contributed by atoms with Crippen molar-refractivity contribution in [1.29, 1.82) is 0 Å². The number of carbonyl (C=O) groups excluding carboxylic acids is 2. The number of hydrogen-bond donors (Lipinski definition) is 1. The summed E-state index contributed by atoms with van der Waals surface area (Å²) < 4.78 is 6.65. The van der Waals surface area contributed by atoms with Crippen LogP contribution >= 0.6 is 11.3 Å². The molecule has 0 radical (unpaired) electrons. The zero-order valence-corrected chi connectivity index (χ0v) is 15.6. The summed E-state index contributed by atoms with van der Waals surface area (Å²) >= 11 is 1.58. The molecule has 1 amide bonds. The van der Waals surface area contributed by atoms with Crippen molar-refractivity contribution in [2.24, 2.45) is 0 Å². The number of fused-ring (bicyclic) bond motifs is 1. The molecule has 0 saturated heterocycles. The molecule has 0 unspecified atom stereocenters. The van der Waals surface area contributed by atoms with E-state index in [2.05, 4.69) is 10.3 Å². The number of amides is 1. The van der Waals surface area contributed by atoms with Crippen LogP contribution in [0, 0.1) is 0 Å². The van der Waals surface area contributed by atoms with E-state index in [9.17, 15) is 9.59 Å². The molecule has 5 nitrogen and oxygen atoms in total. The summed E-state index contributed by atoms with van der Waals surface area (Å²) in [4.78, 5) is 29.5. The van der Waals surface area contributed by atoms with E-state index in [0.717, 1.165) is 28.1 Å². The second kappa shape index (κ2) is 7.88. The van der Waals surface area contributed by atoms with E-state index < -0.39 is 12.1 Å². The van der Waals surface area contributed by atoms with Gasteiger partial charge < -0.3 is 10.1 Å². The lowest BCUT2D eigenvalue weighted by Crippen LogP contribution is -2.33. The Bertz CT molecular complexity index is 917. The van der Waals surface area contributed by atoms with Crippen LogP contribution in [0.3, 0.4) is 0 Å². The number of benzene rings is 2. The molecular formula is C21H20N2O3S. The van der Waals surface area contributed by atoms with Gasteiger partial charge in [-0.2, -0.15) is 0 Å². The fourth-order valence-corrected chi connectivity index (χ4v) is 3.80. The molecule has 2 aromatic carbocycles. The Morgan fingerprint density at radius 1 is 1.11 bits per heavy atom. The zero-order chi connectivity index (χ0) is 18.6. The average molecular weight is 380 g/mol. The van der Waals surface area contributed by atoms with Crippen LogP contribution in [0.2, 0.25) is 0 Å². The lowest BCUT2D eigenvalue weighted by molar-refractivity contribution is -0.156. The molecule has 1 saturated carbocycles. The van der Waals surface area contributed by atoms with Crippen molar-refractivity contribution in [2.75, 3.05) is 0 Å². The summed E-state index contributed by atoms with van der Waals surface area (Å²) in [6.07, 6.45) is 1.76. The van der Waals surface area contributed by atoms with Crippen LogP contribution in [0.15, 0.2) is 54.6 Å². The molecule has 138 valence electrons. The van der Waals surface area contributed by atoms with Gasteiger partial charge in [0.05, 0.1) is 21.6 Å².